The zero-order chi connectivity index (χ0) is 21.3. The zero-order valence-corrected chi connectivity index (χ0v) is 18.3. The first-order chi connectivity index (χ1) is 14.3. The smallest absolute Gasteiger partial charge is 0.257 e. The van der Waals surface area contributed by atoms with Crippen LogP contribution < -0.4 is 5.32 Å². The van der Waals surface area contributed by atoms with Crippen molar-refractivity contribution in [1.82, 2.24) is 9.29 Å². The molecule has 2 aromatic carbocycles. The molecule has 1 aliphatic rings. The molecule has 30 heavy (non-hydrogen) atoms. The highest BCUT2D eigenvalue weighted by Crippen LogP contribution is 2.29. The Bertz CT molecular complexity index is 1210. The number of hydrogen-bond acceptors (Lipinski definition) is 5. The lowest BCUT2D eigenvalue weighted by atomic mass is 10.2. The van der Waals surface area contributed by atoms with Gasteiger partial charge in [0.05, 0.1) is 15.2 Å². The van der Waals surface area contributed by atoms with Crippen LogP contribution in [0, 0.1) is 5.82 Å². The van der Waals surface area contributed by atoms with Gasteiger partial charge in [0.25, 0.3) is 5.91 Å². The Morgan fingerprint density at radius 3 is 2.57 bits per heavy atom. The number of carbonyl (C=O) groups excluding carboxylic acids is 1. The van der Waals surface area contributed by atoms with E-state index in [1.54, 1.807) is 0 Å². The number of anilines is 1. The number of nitrogens with one attached hydrogen (secondary N) is 1. The summed E-state index contributed by atoms with van der Waals surface area (Å²) >= 11 is 7.33. The van der Waals surface area contributed by atoms with Crippen molar-refractivity contribution in [2.75, 3.05) is 18.4 Å². The van der Waals surface area contributed by atoms with Crippen LogP contribution in [0.3, 0.4) is 0 Å². The Balaban J connectivity index is 1.60. The lowest BCUT2D eigenvalue weighted by Crippen LogP contribution is -2.32. The first-order valence-electron chi connectivity index (χ1n) is 9.52. The summed E-state index contributed by atoms with van der Waals surface area (Å²) in [5.74, 6) is -0.899. The van der Waals surface area contributed by atoms with Gasteiger partial charge in [-0.2, -0.15) is 4.31 Å². The van der Waals surface area contributed by atoms with Crippen LogP contribution in [0.5, 0.6) is 0 Å². The number of fused-ring (bicyclic) bond motifs is 1. The molecule has 0 unspecified atom stereocenters. The fourth-order valence-electron chi connectivity index (χ4n) is 3.38. The molecule has 3 aromatic rings. The van der Waals surface area contributed by atoms with Gasteiger partial charge in [0.2, 0.25) is 10.0 Å². The van der Waals surface area contributed by atoms with Crippen LogP contribution in [-0.2, 0) is 10.0 Å². The fraction of sp³-hybridized carbons (Fsp3) is 0.300. The molecule has 1 saturated heterocycles. The minimum Gasteiger partial charge on any atom is -0.298 e. The zero-order valence-electron chi connectivity index (χ0n) is 15.9. The predicted molar refractivity (Wildman–Crippen MR) is 116 cm³/mol. The van der Waals surface area contributed by atoms with Gasteiger partial charge in [0, 0.05) is 18.7 Å². The maximum atomic E-state index is 13.4. The third-order valence-electron chi connectivity index (χ3n) is 4.95. The average Bonchev–Trinajstić information content (AvgIpc) is 2.90. The van der Waals surface area contributed by atoms with Gasteiger partial charge in [-0.1, -0.05) is 35.8 Å². The summed E-state index contributed by atoms with van der Waals surface area (Å²) in [6.45, 7) is 0.884. The van der Waals surface area contributed by atoms with Gasteiger partial charge in [0.1, 0.15) is 10.7 Å². The van der Waals surface area contributed by atoms with Crippen LogP contribution in [0.2, 0.25) is 5.02 Å². The van der Waals surface area contributed by atoms with Crippen LogP contribution in [0.1, 0.15) is 36.0 Å². The molecule has 0 atom stereocenters. The predicted octanol–water partition coefficient (Wildman–Crippen LogP) is 4.91. The Kier molecular flexibility index (Phi) is 6.06. The first-order valence-corrected chi connectivity index (χ1v) is 12.2. The van der Waals surface area contributed by atoms with Crippen LogP contribution >= 0.6 is 22.9 Å². The van der Waals surface area contributed by atoms with E-state index in [-0.39, 0.29) is 21.3 Å². The maximum Gasteiger partial charge on any atom is 0.257 e. The van der Waals surface area contributed by atoms with Crippen molar-refractivity contribution in [2.24, 2.45) is 0 Å². The summed E-state index contributed by atoms with van der Waals surface area (Å²) in [5.41, 5.74) is 0.718. The molecule has 10 heteroatoms. The van der Waals surface area contributed by atoms with Crippen molar-refractivity contribution in [1.29, 1.82) is 0 Å². The number of carbonyl (C=O) groups is 1. The largest absolute Gasteiger partial charge is 0.298 e. The van der Waals surface area contributed by atoms with Gasteiger partial charge in [0.15, 0.2) is 5.13 Å². The van der Waals surface area contributed by atoms with Crippen molar-refractivity contribution in [3.8, 4) is 0 Å². The monoisotopic (exact) mass is 467 g/mol. The summed E-state index contributed by atoms with van der Waals surface area (Å²) in [6.07, 6.45) is 3.59. The van der Waals surface area contributed by atoms with Crippen LogP contribution in [-0.4, -0.2) is 36.7 Å². The molecular weight excluding hydrogens is 449 g/mol. The highest BCUT2D eigenvalue weighted by atomic mass is 35.5. The molecule has 1 amide bonds. The van der Waals surface area contributed by atoms with Crippen molar-refractivity contribution in [2.45, 2.75) is 30.6 Å². The van der Waals surface area contributed by atoms with Crippen molar-refractivity contribution in [3.05, 3.63) is 52.8 Å². The Morgan fingerprint density at radius 2 is 1.83 bits per heavy atom. The lowest BCUT2D eigenvalue weighted by molar-refractivity contribution is 0.102. The number of halogens is 2. The Hall–Kier alpha value is -2.07. The SMILES string of the molecule is O=C(Nc1nc2ccc(F)cc2s1)c1ccc(Cl)c(S(=O)(=O)N2CCCCCC2)c1. The Labute approximate surface area is 182 Å². The second-order valence-electron chi connectivity index (χ2n) is 7.05. The standard InChI is InChI=1S/C20H19ClFN3O3S2/c21-15-7-5-13(11-18(15)30(27,28)25-9-3-1-2-4-10-25)19(26)24-20-23-16-8-6-14(22)12-17(16)29-20/h5-8,11-12H,1-4,9-10H2,(H,23,24,26). The van der Waals surface area contributed by atoms with Crippen molar-refractivity contribution >= 4 is 54.2 Å². The molecule has 1 aromatic heterocycles. The van der Waals surface area contributed by atoms with E-state index >= 15 is 0 Å². The van der Waals surface area contributed by atoms with Gasteiger partial charge in [-0.25, -0.2) is 17.8 Å². The molecular formula is C20H19ClFN3O3S2. The van der Waals surface area contributed by atoms with Gasteiger partial charge < -0.3 is 0 Å². The molecule has 1 fully saturated rings. The third kappa shape index (κ3) is 4.34. The second kappa shape index (κ2) is 8.58. The molecule has 1 aliphatic heterocycles. The van der Waals surface area contributed by atoms with Crippen LogP contribution in [0.4, 0.5) is 9.52 Å². The van der Waals surface area contributed by atoms with Gasteiger partial charge in [-0.15, -0.1) is 0 Å². The quantitative estimate of drug-likeness (QED) is 0.591. The van der Waals surface area contributed by atoms with E-state index in [1.165, 1.54) is 40.7 Å². The van der Waals surface area contributed by atoms with Gasteiger partial charge >= 0.3 is 0 Å². The summed E-state index contributed by atoms with van der Waals surface area (Å²) in [6, 6.07) is 8.35. The van der Waals surface area contributed by atoms with Crippen LogP contribution in [0.15, 0.2) is 41.3 Å². The van der Waals surface area contributed by atoms with Crippen molar-refractivity contribution < 1.29 is 17.6 Å². The molecule has 1 N–H and O–H groups in total. The molecule has 0 bridgehead atoms. The molecule has 158 valence electrons. The van der Waals surface area contributed by atoms with E-state index < -0.39 is 15.9 Å². The highest BCUT2D eigenvalue weighted by Gasteiger charge is 2.28. The molecule has 0 saturated carbocycles. The summed E-state index contributed by atoms with van der Waals surface area (Å²) in [7, 11) is -3.80. The number of sulfonamides is 1. The third-order valence-corrected chi connectivity index (χ3v) is 8.26. The molecule has 2 heterocycles. The average molecular weight is 468 g/mol. The Morgan fingerprint density at radius 1 is 1.10 bits per heavy atom. The van der Waals surface area contributed by atoms with E-state index in [2.05, 4.69) is 10.3 Å². The molecule has 0 radical (unpaired) electrons. The number of benzene rings is 2. The van der Waals surface area contributed by atoms with Gasteiger partial charge in [-0.3, -0.25) is 10.1 Å². The van der Waals surface area contributed by atoms with E-state index in [1.807, 2.05) is 0 Å². The van der Waals surface area contributed by atoms with E-state index in [0.29, 0.717) is 28.4 Å². The van der Waals surface area contributed by atoms with E-state index in [9.17, 15) is 17.6 Å². The van der Waals surface area contributed by atoms with Gasteiger partial charge in [-0.05, 0) is 49.2 Å². The normalized spacial score (nSPS) is 15.8. The summed E-state index contributed by atoms with van der Waals surface area (Å²) < 4.78 is 41.6. The molecule has 0 spiro atoms. The minimum atomic E-state index is -3.80. The highest BCUT2D eigenvalue weighted by molar-refractivity contribution is 7.89. The first kappa shape index (κ1) is 21.2. The summed E-state index contributed by atoms with van der Waals surface area (Å²) in [5, 5.41) is 3.02. The molecule has 0 aliphatic carbocycles. The summed E-state index contributed by atoms with van der Waals surface area (Å²) in [4.78, 5) is 16.9. The minimum absolute atomic E-state index is 0.0752. The number of amides is 1. The number of thiazole rings is 1. The fourth-order valence-corrected chi connectivity index (χ4v) is 6.29. The number of hydrogen-bond donors (Lipinski definition) is 1. The van der Waals surface area contributed by atoms with E-state index in [4.69, 9.17) is 11.6 Å². The van der Waals surface area contributed by atoms with E-state index in [0.717, 1.165) is 37.0 Å². The number of nitrogens with zero attached hydrogens (tertiary/aromatic N) is 2. The topological polar surface area (TPSA) is 79.4 Å². The van der Waals surface area contributed by atoms with Crippen molar-refractivity contribution in [3.63, 3.8) is 0 Å². The number of aromatic nitrogens is 1. The molecule has 4 rings (SSSR count). The maximum absolute atomic E-state index is 13.4. The number of rotatable bonds is 4. The lowest BCUT2D eigenvalue weighted by Gasteiger charge is -2.21. The second-order valence-corrected chi connectivity index (χ2v) is 10.4. The molecule has 6 nitrogen and oxygen atoms in total. The van der Waals surface area contributed by atoms with Crippen LogP contribution in [0.25, 0.3) is 10.2 Å².